The molecule has 0 aromatic heterocycles. The van der Waals surface area contributed by atoms with E-state index < -0.39 is 0 Å². The maximum Gasteiger partial charge on any atom is 0.265 e. The first-order valence-electron chi connectivity index (χ1n) is 11.4. The van der Waals surface area contributed by atoms with Gasteiger partial charge in [-0.05, 0) is 61.0 Å². The smallest absolute Gasteiger partial charge is 0.265 e. The van der Waals surface area contributed by atoms with Gasteiger partial charge in [-0.3, -0.25) is 9.59 Å². The normalized spacial score (nSPS) is 12.3. The summed E-state index contributed by atoms with van der Waals surface area (Å²) in [6.07, 6.45) is 0.609. The quantitative estimate of drug-likeness (QED) is 0.425. The molecule has 4 rings (SSSR count). The first-order valence-corrected chi connectivity index (χ1v) is 11.4. The van der Waals surface area contributed by atoms with Gasteiger partial charge in [0.15, 0.2) is 6.61 Å². The molecule has 1 heterocycles. The molecule has 0 aliphatic carbocycles. The maximum atomic E-state index is 12.9. The summed E-state index contributed by atoms with van der Waals surface area (Å²) in [5.74, 6) is 2.57. The monoisotopic (exact) mass is 492 g/mol. The molecule has 0 fully saturated rings. The lowest BCUT2D eigenvalue weighted by molar-refractivity contribution is -0.121. The number of ether oxygens (including phenoxy) is 5. The van der Waals surface area contributed by atoms with Crippen molar-refractivity contribution < 1.29 is 33.3 Å². The van der Waals surface area contributed by atoms with Crippen molar-refractivity contribution in [1.82, 2.24) is 0 Å². The molecule has 1 N–H and O–H groups in total. The molecule has 3 aromatic rings. The Morgan fingerprint density at radius 3 is 2.22 bits per heavy atom. The third kappa shape index (κ3) is 5.80. The van der Waals surface area contributed by atoms with Crippen LogP contribution in [0.3, 0.4) is 0 Å². The van der Waals surface area contributed by atoms with Crippen LogP contribution in [0.25, 0.3) is 0 Å². The van der Waals surface area contributed by atoms with Gasteiger partial charge in [-0.2, -0.15) is 0 Å². The van der Waals surface area contributed by atoms with Gasteiger partial charge in [-0.25, -0.2) is 0 Å². The minimum absolute atomic E-state index is 0.0400. The van der Waals surface area contributed by atoms with Crippen molar-refractivity contribution in [3.8, 4) is 28.7 Å². The maximum absolute atomic E-state index is 12.9. The highest BCUT2D eigenvalue weighted by Gasteiger charge is 2.26. The standard InChI is InChI=1S/C27H28N2O7/c1-32-20-6-8-21(9-7-20)35-12-4-11-29-24-15-19(5-10-25(24)36-17-26(29)30)28-27(31)18-13-22(33-2)16-23(14-18)34-3/h5-10,13-16H,4,11-12,17H2,1-3H3,(H,28,31). The average Bonchev–Trinajstić information content (AvgIpc) is 2.92. The highest BCUT2D eigenvalue weighted by Crippen LogP contribution is 2.35. The van der Waals surface area contributed by atoms with Gasteiger partial charge in [0.25, 0.3) is 11.8 Å². The van der Waals surface area contributed by atoms with Crippen LogP contribution < -0.4 is 33.9 Å². The van der Waals surface area contributed by atoms with Gasteiger partial charge in [0.2, 0.25) is 0 Å². The van der Waals surface area contributed by atoms with Crippen LogP contribution in [-0.2, 0) is 4.79 Å². The highest BCUT2D eigenvalue weighted by molar-refractivity contribution is 6.06. The molecule has 36 heavy (non-hydrogen) atoms. The summed E-state index contributed by atoms with van der Waals surface area (Å²) in [6, 6.07) is 17.5. The number of hydrogen-bond acceptors (Lipinski definition) is 7. The first kappa shape index (κ1) is 24.7. The van der Waals surface area contributed by atoms with Crippen molar-refractivity contribution in [2.75, 3.05) is 51.3 Å². The molecule has 1 aliphatic heterocycles. The fraction of sp³-hybridized carbons (Fsp3) is 0.259. The minimum Gasteiger partial charge on any atom is -0.497 e. The van der Waals surface area contributed by atoms with Gasteiger partial charge in [-0.15, -0.1) is 0 Å². The zero-order chi connectivity index (χ0) is 25.5. The summed E-state index contributed by atoms with van der Waals surface area (Å²) < 4.78 is 27.0. The molecule has 9 nitrogen and oxygen atoms in total. The third-order valence-corrected chi connectivity index (χ3v) is 5.63. The van der Waals surface area contributed by atoms with E-state index in [1.165, 1.54) is 14.2 Å². The zero-order valence-electron chi connectivity index (χ0n) is 20.4. The molecule has 0 spiro atoms. The van der Waals surface area contributed by atoms with Crippen molar-refractivity contribution in [2.45, 2.75) is 6.42 Å². The fourth-order valence-corrected chi connectivity index (χ4v) is 3.75. The summed E-state index contributed by atoms with van der Waals surface area (Å²) in [4.78, 5) is 27.2. The van der Waals surface area contributed by atoms with Gasteiger partial charge in [0.05, 0.1) is 33.6 Å². The van der Waals surface area contributed by atoms with E-state index in [1.807, 2.05) is 24.3 Å². The molecule has 0 bridgehead atoms. The molecular weight excluding hydrogens is 464 g/mol. The van der Waals surface area contributed by atoms with E-state index in [4.69, 9.17) is 23.7 Å². The minimum atomic E-state index is -0.338. The SMILES string of the molecule is COc1ccc(OCCCN2C(=O)COc3ccc(NC(=O)c4cc(OC)cc(OC)c4)cc32)cc1. The summed E-state index contributed by atoms with van der Waals surface area (Å²) in [6.45, 7) is 0.831. The van der Waals surface area contributed by atoms with Crippen molar-refractivity contribution in [3.05, 3.63) is 66.2 Å². The van der Waals surface area contributed by atoms with Crippen LogP contribution in [0.5, 0.6) is 28.7 Å². The van der Waals surface area contributed by atoms with E-state index in [0.29, 0.717) is 53.8 Å². The Bertz CT molecular complexity index is 1210. The van der Waals surface area contributed by atoms with Gasteiger partial charge in [0.1, 0.15) is 28.7 Å². The average molecular weight is 493 g/mol. The summed E-state index contributed by atoms with van der Waals surface area (Å²) in [7, 11) is 4.65. The second-order valence-electron chi connectivity index (χ2n) is 7.95. The first-order chi connectivity index (χ1) is 17.5. The number of benzene rings is 3. The topological polar surface area (TPSA) is 95.6 Å². The predicted molar refractivity (Wildman–Crippen MR) is 135 cm³/mol. The number of fused-ring (bicyclic) bond motifs is 1. The summed E-state index contributed by atoms with van der Waals surface area (Å²) in [5, 5.41) is 2.87. The number of amides is 2. The van der Waals surface area contributed by atoms with Crippen molar-refractivity contribution >= 4 is 23.2 Å². The molecule has 0 atom stereocenters. The number of nitrogens with zero attached hydrogens (tertiary/aromatic N) is 1. The molecule has 0 saturated heterocycles. The van der Waals surface area contributed by atoms with E-state index in [-0.39, 0.29) is 18.4 Å². The van der Waals surface area contributed by atoms with Crippen LogP contribution in [0, 0.1) is 0 Å². The molecule has 1 aliphatic rings. The number of rotatable bonds is 10. The Balaban J connectivity index is 1.42. The Hall–Kier alpha value is -4.40. The number of nitrogens with one attached hydrogen (secondary N) is 1. The molecule has 2 amide bonds. The van der Waals surface area contributed by atoms with Gasteiger partial charge >= 0.3 is 0 Å². The Kier molecular flexibility index (Phi) is 7.79. The third-order valence-electron chi connectivity index (χ3n) is 5.63. The van der Waals surface area contributed by atoms with Crippen LogP contribution in [0.2, 0.25) is 0 Å². The van der Waals surface area contributed by atoms with Crippen LogP contribution in [-0.4, -0.2) is 52.9 Å². The van der Waals surface area contributed by atoms with Crippen LogP contribution in [0.4, 0.5) is 11.4 Å². The van der Waals surface area contributed by atoms with Crippen molar-refractivity contribution in [2.24, 2.45) is 0 Å². The number of carbonyl (C=O) groups is 2. The fourth-order valence-electron chi connectivity index (χ4n) is 3.75. The van der Waals surface area contributed by atoms with E-state index in [0.717, 1.165) is 11.5 Å². The van der Waals surface area contributed by atoms with Crippen LogP contribution in [0.1, 0.15) is 16.8 Å². The number of carbonyl (C=O) groups excluding carboxylic acids is 2. The summed E-state index contributed by atoms with van der Waals surface area (Å²) in [5.41, 5.74) is 1.50. The lowest BCUT2D eigenvalue weighted by Gasteiger charge is -2.30. The molecule has 0 radical (unpaired) electrons. The van der Waals surface area contributed by atoms with Crippen molar-refractivity contribution in [1.29, 1.82) is 0 Å². The molecule has 0 unspecified atom stereocenters. The molecule has 188 valence electrons. The summed E-state index contributed by atoms with van der Waals surface area (Å²) >= 11 is 0. The van der Waals surface area contributed by atoms with Gasteiger partial charge in [0, 0.05) is 23.9 Å². The highest BCUT2D eigenvalue weighted by atomic mass is 16.5. The van der Waals surface area contributed by atoms with E-state index in [2.05, 4.69) is 5.32 Å². The largest absolute Gasteiger partial charge is 0.497 e. The Morgan fingerprint density at radius 2 is 1.56 bits per heavy atom. The van der Waals surface area contributed by atoms with Crippen molar-refractivity contribution in [3.63, 3.8) is 0 Å². The van der Waals surface area contributed by atoms with E-state index in [1.54, 1.807) is 48.4 Å². The predicted octanol–water partition coefficient (Wildman–Crippen LogP) is 4.16. The Morgan fingerprint density at radius 1 is 0.889 bits per heavy atom. The van der Waals surface area contributed by atoms with Gasteiger partial charge < -0.3 is 33.9 Å². The molecule has 9 heteroatoms. The molecule has 3 aromatic carbocycles. The Labute approximate surface area is 209 Å². The van der Waals surface area contributed by atoms with E-state index in [9.17, 15) is 9.59 Å². The van der Waals surface area contributed by atoms with Crippen LogP contribution >= 0.6 is 0 Å². The van der Waals surface area contributed by atoms with Gasteiger partial charge in [-0.1, -0.05) is 0 Å². The second-order valence-corrected chi connectivity index (χ2v) is 7.95. The second kappa shape index (κ2) is 11.4. The lowest BCUT2D eigenvalue weighted by Crippen LogP contribution is -2.39. The molecule has 0 saturated carbocycles. The lowest BCUT2D eigenvalue weighted by atomic mass is 10.1. The zero-order valence-corrected chi connectivity index (χ0v) is 20.4. The number of anilines is 2. The van der Waals surface area contributed by atoms with E-state index >= 15 is 0 Å². The van der Waals surface area contributed by atoms with Crippen LogP contribution in [0.15, 0.2) is 60.7 Å². The number of methoxy groups -OCH3 is 3. The molecular formula is C27H28N2O7. The number of hydrogen-bond donors (Lipinski definition) is 1.